The molecule has 0 heteroatoms. The van der Waals surface area contributed by atoms with Crippen LogP contribution in [-0.2, 0) is 0 Å². The van der Waals surface area contributed by atoms with Crippen LogP contribution in [0.4, 0.5) is 0 Å². The van der Waals surface area contributed by atoms with Crippen LogP contribution < -0.4 is 0 Å². The molecular weight excluding hydrogens is 480 g/mol. The highest BCUT2D eigenvalue weighted by Gasteiger charge is 2.18. The average Bonchev–Trinajstić information content (AvgIpc) is 3.20. The molecule has 184 valence electrons. The van der Waals surface area contributed by atoms with E-state index in [0.29, 0.717) is 5.56 Å². The van der Waals surface area contributed by atoms with Crippen LogP contribution in [0, 0.1) is 0 Å². The Kier molecular flexibility index (Phi) is 2.12. The van der Waals surface area contributed by atoms with E-state index < -0.39 is 146 Å². The van der Waals surface area contributed by atoms with Crippen LogP contribution in [0.5, 0.6) is 0 Å². The van der Waals surface area contributed by atoms with Crippen LogP contribution in [0.2, 0.25) is 0 Å². The van der Waals surface area contributed by atoms with Crippen LogP contribution in [-0.4, -0.2) is 0 Å². The summed E-state index contributed by atoms with van der Waals surface area (Å²) in [5.74, 6) is 0. The summed E-state index contributed by atoms with van der Waals surface area (Å²) >= 11 is 0. The van der Waals surface area contributed by atoms with Crippen molar-refractivity contribution in [2.75, 3.05) is 0 Å². The average molecular weight is 524 g/mol. The van der Waals surface area contributed by atoms with E-state index in [1.165, 1.54) is 0 Å². The minimum Gasteiger partial charge on any atom is -0.0622 e. The molecule has 9 aromatic carbocycles. The lowest BCUT2D eigenvalue weighted by Crippen LogP contribution is -1.91. The summed E-state index contributed by atoms with van der Waals surface area (Å²) in [4.78, 5) is 0. The van der Waals surface area contributed by atoms with Crippen LogP contribution in [0.1, 0.15) is 26.0 Å². The zero-order valence-corrected chi connectivity index (χ0v) is 20.4. The summed E-state index contributed by atoms with van der Waals surface area (Å²) in [6.45, 7) is 0. The van der Waals surface area contributed by atoms with Crippen molar-refractivity contribution in [2.45, 2.75) is 0 Å². The first kappa shape index (κ1) is 10.4. The lowest BCUT2D eigenvalue weighted by molar-refractivity contribution is 1.66. The predicted molar refractivity (Wildman–Crippen MR) is 174 cm³/mol. The molecule has 0 heterocycles. The molecule has 0 bridgehead atoms. The highest BCUT2D eigenvalue weighted by atomic mass is 14.2. The summed E-state index contributed by atoms with van der Waals surface area (Å²) in [6.07, 6.45) is 0. The quantitative estimate of drug-likeness (QED) is 0.156. The molecule has 0 aliphatic heterocycles. The van der Waals surface area contributed by atoms with Crippen LogP contribution in [0.3, 0.4) is 0 Å². The second-order valence-corrected chi connectivity index (χ2v) is 9.37. The lowest BCUT2D eigenvalue weighted by atomic mass is 9.84. The summed E-state index contributed by atoms with van der Waals surface area (Å²) in [5, 5.41) is -4.19. The molecule has 0 unspecified atom stereocenters. The Morgan fingerprint density at radius 3 is 1.82 bits per heavy atom. The van der Waals surface area contributed by atoms with E-state index in [2.05, 4.69) is 0 Å². The number of fused-ring (bicyclic) bond motifs is 4. The van der Waals surface area contributed by atoms with Gasteiger partial charge in [0, 0.05) is 0 Å². The zero-order valence-electron chi connectivity index (χ0n) is 39.4. The van der Waals surface area contributed by atoms with Gasteiger partial charge >= 0.3 is 0 Å². The Balaban J connectivity index is 1.70. The van der Waals surface area contributed by atoms with Crippen LogP contribution in [0.15, 0.2) is 145 Å². The Bertz CT molecular complexity index is 3440. The third kappa shape index (κ3) is 3.02. The minimum atomic E-state index is -0.807. The molecule has 0 aromatic heterocycles. The normalized spacial score (nSPS) is 18.6. The molecule has 0 amide bonds. The second-order valence-electron chi connectivity index (χ2n) is 9.37. The summed E-state index contributed by atoms with van der Waals surface area (Å²) in [5.41, 5.74) is -0.541. The van der Waals surface area contributed by atoms with Crippen molar-refractivity contribution in [3.63, 3.8) is 0 Å². The third-order valence-corrected chi connectivity index (χ3v) is 7.19. The highest BCUT2D eigenvalue weighted by molar-refractivity contribution is 6.30. The molecule has 0 atom stereocenters. The van der Waals surface area contributed by atoms with E-state index in [1.807, 2.05) is 0 Å². The summed E-state index contributed by atoms with van der Waals surface area (Å²) in [7, 11) is 0. The van der Waals surface area contributed by atoms with Gasteiger partial charge in [-0.05, 0) is 105 Å². The third-order valence-electron chi connectivity index (χ3n) is 7.19. The Labute approximate surface area is 258 Å². The molecule has 0 saturated carbocycles. The van der Waals surface area contributed by atoms with Crippen LogP contribution in [0.25, 0.3) is 86.9 Å². The first-order valence-corrected chi connectivity index (χ1v) is 12.4. The van der Waals surface area contributed by atoms with Crippen molar-refractivity contribution in [3.8, 4) is 22.3 Å². The maximum atomic E-state index is 9.61. The van der Waals surface area contributed by atoms with Gasteiger partial charge in [0.05, 0.1) is 26.0 Å². The Hall–Kier alpha value is -5.20. The fourth-order valence-electron chi connectivity index (χ4n) is 5.47. The van der Waals surface area contributed by atoms with E-state index in [0.717, 1.165) is 0 Å². The van der Waals surface area contributed by atoms with Gasteiger partial charge in [0.15, 0.2) is 0 Å². The minimum absolute atomic E-state index is 0.0126. The van der Waals surface area contributed by atoms with Crippen molar-refractivity contribution in [1.82, 2.24) is 0 Å². The molecule has 0 nitrogen and oxygen atoms in total. The van der Waals surface area contributed by atoms with Gasteiger partial charge in [0.2, 0.25) is 0 Å². The predicted octanol–water partition coefficient (Wildman–Crippen LogP) is 11.4. The topological polar surface area (TPSA) is 0 Å². The SMILES string of the molecule is [2H]c1c([2H])c([2H])c2c(-c3c([2H])c([2H])c4c([2H])c([2H])c5c([2H])c(-c6ccccc6)c([2H])c6c([2H])c([2H])c3c4c56)c3c(c([2H])c([2H])c4c([2H])c([2H])c([2H])c([2H])c43)c([2H])c2c1[2H]. The summed E-state index contributed by atoms with van der Waals surface area (Å²) < 4.78 is 173. The maximum absolute atomic E-state index is 9.61. The number of benzene rings is 9. The van der Waals surface area contributed by atoms with Gasteiger partial charge in [-0.3, -0.25) is 0 Å². The van der Waals surface area contributed by atoms with E-state index in [4.69, 9.17) is 13.7 Å². The summed E-state index contributed by atoms with van der Waals surface area (Å²) in [6, 6.07) is -4.66. The molecule has 0 saturated heterocycles. The first-order chi connectivity index (χ1) is 27.8. The largest absolute Gasteiger partial charge is 0.0636 e. The van der Waals surface area contributed by atoms with Gasteiger partial charge in [0.1, 0.15) is 0 Å². The second kappa shape index (κ2) is 8.15. The Morgan fingerprint density at radius 1 is 0.375 bits per heavy atom. The molecule has 9 rings (SSSR count). The van der Waals surface area contributed by atoms with Gasteiger partial charge in [-0.1, -0.05) is 127 Å². The van der Waals surface area contributed by atoms with Crippen molar-refractivity contribution < 1.29 is 26.0 Å². The monoisotopic (exact) mass is 523 g/mol. The standard InChI is InChI=1S/C40H24/c1-2-8-25(9-3-1)32-23-29-17-15-27-18-20-36(35-21-19-30(24-32)37(29)38(27)35)40-34-13-7-5-11-28(34)22-31-16-14-26-10-4-6-12-33(26)39(31)40/h1-24H/i4D,5D,6D,7D,10D,11D,12D,13D,14D,15D,16D,17D,18D,19D,20D,21D,22D,23D,24D. The van der Waals surface area contributed by atoms with Gasteiger partial charge in [-0.2, -0.15) is 0 Å². The molecule has 0 radical (unpaired) electrons. The van der Waals surface area contributed by atoms with Crippen molar-refractivity contribution in [2.24, 2.45) is 0 Å². The number of rotatable bonds is 2. The van der Waals surface area contributed by atoms with Crippen molar-refractivity contribution >= 4 is 64.6 Å². The fraction of sp³-hybridized carbons (Fsp3) is 0. The number of hydrogen-bond acceptors (Lipinski definition) is 0. The van der Waals surface area contributed by atoms with Gasteiger partial charge < -0.3 is 0 Å². The Morgan fingerprint density at radius 2 is 1.00 bits per heavy atom. The van der Waals surface area contributed by atoms with Crippen molar-refractivity contribution in [3.05, 3.63) is 145 Å². The molecule has 0 aliphatic carbocycles. The fourth-order valence-corrected chi connectivity index (χ4v) is 5.47. The molecular formula is C40H24. The zero-order chi connectivity index (χ0) is 42.7. The first-order valence-electron chi connectivity index (χ1n) is 21.9. The van der Waals surface area contributed by atoms with E-state index in [1.54, 1.807) is 30.3 Å². The molecule has 0 spiro atoms. The molecule has 40 heavy (non-hydrogen) atoms. The lowest BCUT2D eigenvalue weighted by Gasteiger charge is -2.19. The van der Waals surface area contributed by atoms with E-state index >= 15 is 0 Å². The molecule has 0 fully saturated rings. The van der Waals surface area contributed by atoms with Gasteiger partial charge in [-0.15, -0.1) is 0 Å². The molecule has 0 aliphatic rings. The van der Waals surface area contributed by atoms with E-state index in [9.17, 15) is 12.3 Å². The van der Waals surface area contributed by atoms with Crippen LogP contribution >= 0.6 is 0 Å². The molecule has 0 N–H and O–H groups in total. The van der Waals surface area contributed by atoms with E-state index in [-0.39, 0.29) is 50.0 Å². The van der Waals surface area contributed by atoms with Crippen molar-refractivity contribution in [1.29, 1.82) is 0 Å². The maximum Gasteiger partial charge on any atom is 0.0636 e. The van der Waals surface area contributed by atoms with Gasteiger partial charge in [0.25, 0.3) is 0 Å². The molecule has 9 aromatic rings. The van der Waals surface area contributed by atoms with Gasteiger partial charge in [-0.25, -0.2) is 0 Å². The smallest absolute Gasteiger partial charge is 0.0622 e. The number of hydrogen-bond donors (Lipinski definition) is 0. The highest BCUT2D eigenvalue weighted by Crippen LogP contribution is 2.46.